The highest BCUT2D eigenvalue weighted by Gasteiger charge is 2.30. The van der Waals surface area contributed by atoms with E-state index in [2.05, 4.69) is 0 Å². The summed E-state index contributed by atoms with van der Waals surface area (Å²) in [5.74, 6) is 0.618. The second-order valence-electron chi connectivity index (χ2n) is 4.32. The van der Waals surface area contributed by atoms with Crippen LogP contribution in [-0.4, -0.2) is 22.6 Å². The van der Waals surface area contributed by atoms with Crippen molar-refractivity contribution in [1.82, 2.24) is 0 Å². The molecule has 0 aromatic heterocycles. The molecule has 0 amide bonds. The Kier molecular flexibility index (Phi) is 4.05. The summed E-state index contributed by atoms with van der Waals surface area (Å²) in [5, 5.41) is 9.35. The van der Waals surface area contributed by atoms with Crippen LogP contribution in [-0.2, 0) is 4.79 Å². The van der Waals surface area contributed by atoms with Crippen molar-refractivity contribution in [2.24, 2.45) is 5.92 Å². The molecule has 4 heteroatoms. The van der Waals surface area contributed by atoms with Gasteiger partial charge in [-0.05, 0) is 48.0 Å². The van der Waals surface area contributed by atoms with Gasteiger partial charge in [-0.15, -0.1) is 0 Å². The third kappa shape index (κ3) is 3.00. The lowest BCUT2D eigenvalue weighted by Gasteiger charge is -2.27. The monoisotopic (exact) mass is 254 g/mol. The maximum atomic E-state index is 12.8. The molecule has 1 saturated heterocycles. The fourth-order valence-electron chi connectivity index (χ4n) is 2.34. The van der Waals surface area contributed by atoms with E-state index in [1.807, 2.05) is 11.8 Å². The number of carboxylic acid groups (broad SMARTS) is 1. The van der Waals surface area contributed by atoms with E-state index in [-0.39, 0.29) is 11.7 Å². The molecule has 1 aliphatic rings. The van der Waals surface area contributed by atoms with E-state index in [9.17, 15) is 14.3 Å². The zero-order valence-corrected chi connectivity index (χ0v) is 10.3. The van der Waals surface area contributed by atoms with Gasteiger partial charge in [-0.1, -0.05) is 12.1 Å². The van der Waals surface area contributed by atoms with Gasteiger partial charge in [0, 0.05) is 0 Å². The van der Waals surface area contributed by atoms with Gasteiger partial charge in [0.1, 0.15) is 5.82 Å². The Hall–Kier alpha value is -1.03. The molecule has 0 spiro atoms. The van der Waals surface area contributed by atoms with Gasteiger partial charge >= 0.3 is 5.97 Å². The molecule has 1 aromatic rings. The Morgan fingerprint density at radius 3 is 2.41 bits per heavy atom. The zero-order chi connectivity index (χ0) is 12.3. The molecule has 2 nitrogen and oxygen atoms in total. The standard InChI is InChI=1S/C13H15FO2S/c14-11-3-1-9(2-4-11)12(13(15)16)10-5-7-17-8-6-10/h1-4,10,12H,5-8H2,(H,15,16). The number of aliphatic carboxylic acids is 1. The molecular weight excluding hydrogens is 239 g/mol. The average molecular weight is 254 g/mol. The third-order valence-electron chi connectivity index (χ3n) is 3.23. The van der Waals surface area contributed by atoms with Gasteiger partial charge in [-0.2, -0.15) is 11.8 Å². The van der Waals surface area contributed by atoms with Gasteiger partial charge in [-0.25, -0.2) is 4.39 Å². The van der Waals surface area contributed by atoms with E-state index in [0.29, 0.717) is 0 Å². The first-order chi connectivity index (χ1) is 8.18. The summed E-state index contributed by atoms with van der Waals surface area (Å²) in [7, 11) is 0. The molecule has 1 aliphatic heterocycles. The van der Waals surface area contributed by atoms with Crippen molar-refractivity contribution in [1.29, 1.82) is 0 Å². The first kappa shape index (κ1) is 12.4. The average Bonchev–Trinajstić information content (AvgIpc) is 2.33. The van der Waals surface area contributed by atoms with E-state index in [0.717, 1.165) is 29.9 Å². The third-order valence-corrected chi connectivity index (χ3v) is 4.28. The zero-order valence-electron chi connectivity index (χ0n) is 9.43. The number of hydrogen-bond acceptors (Lipinski definition) is 2. The number of benzene rings is 1. The summed E-state index contributed by atoms with van der Waals surface area (Å²) in [6.07, 6.45) is 1.86. The van der Waals surface area contributed by atoms with Crippen molar-refractivity contribution >= 4 is 17.7 Å². The molecule has 0 radical (unpaired) electrons. The Morgan fingerprint density at radius 1 is 1.29 bits per heavy atom. The van der Waals surface area contributed by atoms with Crippen LogP contribution in [0, 0.1) is 11.7 Å². The van der Waals surface area contributed by atoms with E-state index < -0.39 is 11.9 Å². The van der Waals surface area contributed by atoms with Crippen LogP contribution in [0.15, 0.2) is 24.3 Å². The molecule has 1 unspecified atom stereocenters. The molecule has 0 aliphatic carbocycles. The summed E-state index contributed by atoms with van der Waals surface area (Å²) < 4.78 is 12.8. The Labute approximate surface area is 104 Å². The molecule has 1 aromatic carbocycles. The van der Waals surface area contributed by atoms with E-state index >= 15 is 0 Å². The van der Waals surface area contributed by atoms with E-state index in [1.54, 1.807) is 12.1 Å². The van der Waals surface area contributed by atoms with Crippen LogP contribution in [0.5, 0.6) is 0 Å². The highest BCUT2D eigenvalue weighted by molar-refractivity contribution is 7.99. The van der Waals surface area contributed by atoms with Crippen molar-refractivity contribution in [2.75, 3.05) is 11.5 Å². The number of rotatable bonds is 3. The number of carboxylic acids is 1. The topological polar surface area (TPSA) is 37.3 Å². The van der Waals surface area contributed by atoms with Crippen LogP contribution in [0.4, 0.5) is 4.39 Å². The smallest absolute Gasteiger partial charge is 0.311 e. The molecular formula is C13H15FO2S. The second-order valence-corrected chi connectivity index (χ2v) is 5.54. The summed E-state index contributed by atoms with van der Waals surface area (Å²) in [6, 6.07) is 5.86. The van der Waals surface area contributed by atoms with Crippen molar-refractivity contribution in [3.8, 4) is 0 Å². The molecule has 0 saturated carbocycles. The molecule has 0 bridgehead atoms. The van der Waals surface area contributed by atoms with Crippen LogP contribution in [0.2, 0.25) is 0 Å². The fraction of sp³-hybridized carbons (Fsp3) is 0.462. The van der Waals surface area contributed by atoms with Crippen LogP contribution < -0.4 is 0 Å². The Morgan fingerprint density at radius 2 is 1.88 bits per heavy atom. The minimum atomic E-state index is -0.798. The molecule has 1 atom stereocenters. The molecule has 2 rings (SSSR count). The molecule has 1 heterocycles. The van der Waals surface area contributed by atoms with Crippen molar-refractivity contribution in [2.45, 2.75) is 18.8 Å². The van der Waals surface area contributed by atoms with Crippen molar-refractivity contribution in [3.05, 3.63) is 35.6 Å². The Bertz CT molecular complexity index is 385. The predicted molar refractivity (Wildman–Crippen MR) is 66.8 cm³/mol. The maximum absolute atomic E-state index is 12.8. The highest BCUT2D eigenvalue weighted by atomic mass is 32.2. The lowest BCUT2D eigenvalue weighted by atomic mass is 9.82. The summed E-state index contributed by atoms with van der Waals surface area (Å²) in [4.78, 5) is 11.4. The number of hydrogen-bond donors (Lipinski definition) is 1. The van der Waals surface area contributed by atoms with Gasteiger partial charge in [0.25, 0.3) is 0 Å². The summed E-state index contributed by atoms with van der Waals surface area (Å²) >= 11 is 1.87. The molecule has 1 fully saturated rings. The molecule has 17 heavy (non-hydrogen) atoms. The van der Waals surface area contributed by atoms with Gasteiger partial charge in [-0.3, -0.25) is 4.79 Å². The summed E-state index contributed by atoms with van der Waals surface area (Å²) in [6.45, 7) is 0. The highest BCUT2D eigenvalue weighted by Crippen LogP contribution is 2.35. The normalized spacial score (nSPS) is 18.9. The number of thioether (sulfide) groups is 1. The van der Waals surface area contributed by atoms with Gasteiger partial charge < -0.3 is 5.11 Å². The Balaban J connectivity index is 2.21. The van der Waals surface area contributed by atoms with Crippen molar-refractivity contribution < 1.29 is 14.3 Å². The largest absolute Gasteiger partial charge is 0.481 e. The fourth-order valence-corrected chi connectivity index (χ4v) is 3.48. The second kappa shape index (κ2) is 5.54. The van der Waals surface area contributed by atoms with Gasteiger partial charge in [0.2, 0.25) is 0 Å². The number of halogens is 1. The minimum Gasteiger partial charge on any atom is -0.481 e. The number of carbonyl (C=O) groups is 1. The predicted octanol–water partition coefficient (Wildman–Crippen LogP) is 3.14. The van der Waals surface area contributed by atoms with Crippen LogP contribution in [0.25, 0.3) is 0 Å². The van der Waals surface area contributed by atoms with Gasteiger partial charge in [0.05, 0.1) is 5.92 Å². The molecule has 1 N–H and O–H groups in total. The van der Waals surface area contributed by atoms with Crippen LogP contribution in [0.1, 0.15) is 24.3 Å². The SMILES string of the molecule is O=C(O)C(c1ccc(F)cc1)C1CCSCC1. The van der Waals surface area contributed by atoms with Crippen LogP contribution >= 0.6 is 11.8 Å². The van der Waals surface area contributed by atoms with E-state index in [4.69, 9.17) is 0 Å². The lowest BCUT2D eigenvalue weighted by Crippen LogP contribution is -2.25. The van der Waals surface area contributed by atoms with Crippen molar-refractivity contribution in [3.63, 3.8) is 0 Å². The van der Waals surface area contributed by atoms with Crippen LogP contribution in [0.3, 0.4) is 0 Å². The quantitative estimate of drug-likeness (QED) is 0.900. The first-order valence-electron chi connectivity index (χ1n) is 5.74. The lowest BCUT2D eigenvalue weighted by molar-refractivity contribution is -0.140. The molecule has 92 valence electrons. The summed E-state index contributed by atoms with van der Waals surface area (Å²) in [5.41, 5.74) is 0.718. The maximum Gasteiger partial charge on any atom is 0.311 e. The minimum absolute atomic E-state index is 0.180. The first-order valence-corrected chi connectivity index (χ1v) is 6.90. The van der Waals surface area contributed by atoms with E-state index in [1.165, 1.54) is 12.1 Å². The van der Waals surface area contributed by atoms with Gasteiger partial charge in [0.15, 0.2) is 0 Å².